The molecule has 11 heteroatoms. The summed E-state index contributed by atoms with van der Waals surface area (Å²) in [5.74, 6) is -0.828. The average Bonchev–Trinajstić information content (AvgIpc) is 3.10. The van der Waals surface area contributed by atoms with Crippen molar-refractivity contribution in [2.75, 3.05) is 18.1 Å². The Hall–Kier alpha value is -3.60. The fourth-order valence-electron chi connectivity index (χ4n) is 3.12. The Balaban J connectivity index is 2.22. The first kappa shape index (κ1) is 22.1. The van der Waals surface area contributed by atoms with Gasteiger partial charge in [-0.3, -0.25) is 9.52 Å². The summed E-state index contributed by atoms with van der Waals surface area (Å²) in [4.78, 5) is 11.9. The zero-order valence-corrected chi connectivity index (χ0v) is 18.0. The molecular weight excluding hydrogens is 424 g/mol. The fraction of sp³-hybridized carbons (Fsp3) is 0.250. The number of rotatable bonds is 7. The van der Waals surface area contributed by atoms with E-state index in [0.717, 1.165) is 6.26 Å². The summed E-state index contributed by atoms with van der Waals surface area (Å²) < 4.78 is 31.7. The molecule has 1 heterocycles. The molecule has 0 radical (unpaired) electrons. The third kappa shape index (κ3) is 4.94. The van der Waals surface area contributed by atoms with E-state index in [1.165, 1.54) is 17.9 Å². The smallest absolute Gasteiger partial charge is 0.327 e. The normalized spacial score (nSPS) is 11.3. The number of aromatic nitrogens is 3. The number of sulfonamides is 1. The van der Waals surface area contributed by atoms with E-state index < -0.39 is 16.0 Å². The van der Waals surface area contributed by atoms with Crippen LogP contribution in [0.4, 0.5) is 5.69 Å². The van der Waals surface area contributed by atoms with E-state index in [4.69, 9.17) is 4.74 Å². The number of carbonyl (C=O) groups is 1. The number of anilines is 1. The van der Waals surface area contributed by atoms with Gasteiger partial charge in [-0.05, 0) is 30.2 Å². The lowest BCUT2D eigenvalue weighted by Crippen LogP contribution is -2.14. The van der Waals surface area contributed by atoms with Crippen molar-refractivity contribution >= 4 is 21.7 Å². The number of esters is 1. The Morgan fingerprint density at radius 3 is 2.58 bits per heavy atom. The Morgan fingerprint density at radius 1 is 1.19 bits per heavy atom. The van der Waals surface area contributed by atoms with E-state index in [0.29, 0.717) is 34.5 Å². The van der Waals surface area contributed by atoms with Gasteiger partial charge in [-0.25, -0.2) is 13.1 Å². The summed E-state index contributed by atoms with van der Waals surface area (Å²) in [7, 11) is -2.26. The number of carbonyl (C=O) groups excluding carboxylic acids is 1. The van der Waals surface area contributed by atoms with Crippen LogP contribution in [0.1, 0.15) is 12.5 Å². The van der Waals surface area contributed by atoms with Gasteiger partial charge in [-0.2, -0.15) is 0 Å². The van der Waals surface area contributed by atoms with Crippen molar-refractivity contribution in [3.05, 3.63) is 42.0 Å². The van der Waals surface area contributed by atoms with Crippen LogP contribution in [0.15, 0.2) is 36.4 Å². The van der Waals surface area contributed by atoms with Crippen LogP contribution in [0.5, 0.6) is 11.5 Å². The lowest BCUT2D eigenvalue weighted by molar-refractivity contribution is -0.141. The first-order chi connectivity index (χ1) is 14.6. The lowest BCUT2D eigenvalue weighted by Gasteiger charge is -2.12. The first-order valence-corrected chi connectivity index (χ1v) is 11.2. The predicted molar refractivity (Wildman–Crippen MR) is 114 cm³/mol. The number of aryl methyl sites for hydroxylation is 1. The number of ether oxygens (including phenoxy) is 1. The quantitative estimate of drug-likeness (QED) is 0.468. The fourth-order valence-corrected chi connectivity index (χ4v) is 3.67. The third-order valence-electron chi connectivity index (χ3n) is 4.51. The van der Waals surface area contributed by atoms with Gasteiger partial charge in [0.1, 0.15) is 23.7 Å². The maximum atomic E-state index is 11.9. The molecule has 0 bridgehead atoms. The Morgan fingerprint density at radius 2 is 1.94 bits per heavy atom. The minimum atomic E-state index is -3.51. The lowest BCUT2D eigenvalue weighted by atomic mass is 10.00. The second kappa shape index (κ2) is 8.64. The Labute approximate surface area is 179 Å². The van der Waals surface area contributed by atoms with Crippen LogP contribution in [-0.2, 0) is 32.5 Å². The van der Waals surface area contributed by atoms with Gasteiger partial charge in [0.2, 0.25) is 10.0 Å². The van der Waals surface area contributed by atoms with E-state index in [-0.39, 0.29) is 23.7 Å². The number of phenolic OH excluding ortho intramolecular Hbond substituents is 2. The summed E-state index contributed by atoms with van der Waals surface area (Å²) in [6.45, 7) is 1.60. The molecule has 31 heavy (non-hydrogen) atoms. The molecule has 10 nitrogen and oxygen atoms in total. The van der Waals surface area contributed by atoms with Crippen molar-refractivity contribution in [2.45, 2.75) is 19.9 Å². The molecule has 2 aromatic carbocycles. The molecule has 3 N–H and O–H groups in total. The summed E-state index contributed by atoms with van der Waals surface area (Å²) in [5.41, 5.74) is 2.33. The van der Waals surface area contributed by atoms with Gasteiger partial charge in [0.15, 0.2) is 0 Å². The molecule has 0 unspecified atom stereocenters. The number of nitrogens with one attached hydrogen (secondary N) is 1. The number of nitrogens with zero attached hydrogens (tertiary/aromatic N) is 3. The van der Waals surface area contributed by atoms with Crippen LogP contribution in [0.3, 0.4) is 0 Å². The monoisotopic (exact) mass is 446 g/mol. The molecule has 0 atom stereocenters. The highest BCUT2D eigenvalue weighted by Crippen LogP contribution is 2.39. The molecule has 0 saturated heterocycles. The van der Waals surface area contributed by atoms with Crippen molar-refractivity contribution in [3.8, 4) is 34.0 Å². The highest BCUT2D eigenvalue weighted by molar-refractivity contribution is 7.92. The third-order valence-corrected chi connectivity index (χ3v) is 5.12. The van der Waals surface area contributed by atoms with Gasteiger partial charge in [-0.1, -0.05) is 24.3 Å². The topological polar surface area (TPSA) is 144 Å². The Bertz CT molecular complexity index is 1240. The van der Waals surface area contributed by atoms with E-state index in [1.807, 2.05) is 6.92 Å². The van der Waals surface area contributed by atoms with Gasteiger partial charge in [0, 0.05) is 22.9 Å². The van der Waals surface area contributed by atoms with Crippen molar-refractivity contribution < 1.29 is 28.2 Å². The van der Waals surface area contributed by atoms with Crippen LogP contribution >= 0.6 is 0 Å². The molecule has 0 aliphatic rings. The zero-order chi connectivity index (χ0) is 22.8. The summed E-state index contributed by atoms with van der Waals surface area (Å²) in [5, 5.41) is 28.7. The number of hydrogen-bond acceptors (Lipinski definition) is 8. The molecule has 164 valence electrons. The van der Waals surface area contributed by atoms with Gasteiger partial charge in [0.25, 0.3) is 0 Å². The standard InChI is InChI=1S/C20H22N4O6S/c1-4-12-9-15(17(26)10-16(12)25)19-20(24(23-21-19)11-18(27)30-2)13-6-5-7-14(8-13)22-31(3,28)29/h5-10,22,25-26H,4,11H2,1-3H3. The molecule has 0 amide bonds. The molecule has 0 aliphatic carbocycles. The molecular formula is C20H22N4O6S. The second-order valence-corrected chi connectivity index (χ2v) is 8.58. The van der Waals surface area contributed by atoms with Crippen molar-refractivity contribution in [1.29, 1.82) is 0 Å². The average molecular weight is 446 g/mol. The maximum Gasteiger partial charge on any atom is 0.327 e. The van der Waals surface area contributed by atoms with Gasteiger partial charge in [-0.15, -0.1) is 5.10 Å². The van der Waals surface area contributed by atoms with Gasteiger partial charge < -0.3 is 14.9 Å². The van der Waals surface area contributed by atoms with Crippen LogP contribution in [-0.4, -0.2) is 53.0 Å². The molecule has 3 rings (SSSR count). The van der Waals surface area contributed by atoms with Gasteiger partial charge >= 0.3 is 5.97 Å². The first-order valence-electron chi connectivity index (χ1n) is 9.26. The number of phenols is 2. The number of hydrogen-bond donors (Lipinski definition) is 3. The minimum absolute atomic E-state index is 0.0494. The van der Waals surface area contributed by atoms with Gasteiger partial charge in [0.05, 0.1) is 19.1 Å². The molecule has 1 aromatic heterocycles. The summed E-state index contributed by atoms with van der Waals surface area (Å²) in [6.07, 6.45) is 1.55. The van der Waals surface area contributed by atoms with Crippen molar-refractivity contribution in [3.63, 3.8) is 0 Å². The van der Waals surface area contributed by atoms with Crippen molar-refractivity contribution in [1.82, 2.24) is 15.0 Å². The van der Waals surface area contributed by atoms with E-state index in [2.05, 4.69) is 15.0 Å². The predicted octanol–water partition coefficient (Wildman–Crippen LogP) is 2.13. The zero-order valence-electron chi connectivity index (χ0n) is 17.2. The van der Waals surface area contributed by atoms with Crippen molar-refractivity contribution in [2.24, 2.45) is 0 Å². The van der Waals surface area contributed by atoms with E-state index >= 15 is 0 Å². The number of methoxy groups -OCH3 is 1. The number of aromatic hydroxyl groups is 2. The highest BCUT2D eigenvalue weighted by atomic mass is 32.2. The molecule has 0 fully saturated rings. The van der Waals surface area contributed by atoms with Crippen LogP contribution in [0.2, 0.25) is 0 Å². The molecule has 3 aromatic rings. The van der Waals surface area contributed by atoms with Crippen LogP contribution in [0.25, 0.3) is 22.5 Å². The maximum absolute atomic E-state index is 11.9. The van der Waals surface area contributed by atoms with E-state index in [9.17, 15) is 23.4 Å². The minimum Gasteiger partial charge on any atom is -0.508 e. The van der Waals surface area contributed by atoms with Crippen LogP contribution < -0.4 is 4.72 Å². The molecule has 0 saturated carbocycles. The molecule has 0 aliphatic heterocycles. The Kier molecular flexibility index (Phi) is 6.16. The SMILES string of the molecule is CCc1cc(-c2nnn(CC(=O)OC)c2-c2cccc(NS(C)(=O)=O)c2)c(O)cc1O. The number of benzene rings is 2. The highest BCUT2D eigenvalue weighted by Gasteiger charge is 2.22. The summed E-state index contributed by atoms with van der Waals surface area (Å²) >= 11 is 0. The second-order valence-electron chi connectivity index (χ2n) is 6.83. The summed E-state index contributed by atoms with van der Waals surface area (Å²) in [6, 6.07) is 9.29. The van der Waals surface area contributed by atoms with E-state index in [1.54, 1.807) is 30.3 Å². The van der Waals surface area contributed by atoms with Crippen LogP contribution in [0, 0.1) is 0 Å². The molecule has 0 spiro atoms. The largest absolute Gasteiger partial charge is 0.508 e.